The van der Waals surface area contributed by atoms with Crippen LogP contribution in [0.25, 0.3) is 0 Å². The molecule has 1 aliphatic heterocycles. The Hall–Kier alpha value is -3.89. The number of aromatic nitrogens is 3. The first-order chi connectivity index (χ1) is 14.8. The van der Waals surface area contributed by atoms with Crippen molar-refractivity contribution in [2.24, 2.45) is 0 Å². The second-order valence-electron chi connectivity index (χ2n) is 6.94. The molecule has 0 aliphatic carbocycles. The Bertz CT molecular complexity index is 1160. The SMILES string of the molecule is Cc1cc(F)c2c(c1)OCC(NC(=O)c1nnc(Cc3c(F)cccc3F)[nH]1)C(=O)N2. The number of carbonyl (C=O) groups excluding carboxylic acids is 2. The van der Waals surface area contributed by atoms with Gasteiger partial charge in [-0.3, -0.25) is 9.59 Å². The molecular formula is C20H16F3N5O3. The molecule has 1 unspecified atom stereocenters. The molecule has 1 aliphatic rings. The zero-order valence-corrected chi connectivity index (χ0v) is 16.1. The van der Waals surface area contributed by atoms with Crippen molar-refractivity contribution < 1.29 is 27.5 Å². The largest absolute Gasteiger partial charge is 0.489 e. The average molecular weight is 431 g/mol. The molecule has 31 heavy (non-hydrogen) atoms. The van der Waals surface area contributed by atoms with Gasteiger partial charge in [-0.25, -0.2) is 13.2 Å². The van der Waals surface area contributed by atoms with Gasteiger partial charge in [0.15, 0.2) is 5.82 Å². The van der Waals surface area contributed by atoms with Crippen molar-refractivity contribution >= 4 is 17.5 Å². The summed E-state index contributed by atoms with van der Waals surface area (Å²) in [6.45, 7) is 1.43. The summed E-state index contributed by atoms with van der Waals surface area (Å²) in [5.74, 6) is -3.69. The van der Waals surface area contributed by atoms with Gasteiger partial charge >= 0.3 is 0 Å². The molecule has 0 bridgehead atoms. The Morgan fingerprint density at radius 1 is 1.19 bits per heavy atom. The predicted molar refractivity (Wildman–Crippen MR) is 102 cm³/mol. The monoisotopic (exact) mass is 431 g/mol. The first-order valence-electron chi connectivity index (χ1n) is 9.21. The summed E-state index contributed by atoms with van der Waals surface area (Å²) >= 11 is 0. The van der Waals surface area contributed by atoms with E-state index < -0.39 is 35.3 Å². The first kappa shape index (κ1) is 20.4. The van der Waals surface area contributed by atoms with Crippen LogP contribution in [0, 0.1) is 24.4 Å². The summed E-state index contributed by atoms with van der Waals surface area (Å²) < 4.78 is 47.2. The van der Waals surface area contributed by atoms with E-state index in [9.17, 15) is 22.8 Å². The van der Waals surface area contributed by atoms with Crippen LogP contribution in [0.1, 0.15) is 27.6 Å². The van der Waals surface area contributed by atoms with Crippen LogP contribution in [-0.4, -0.2) is 39.6 Å². The van der Waals surface area contributed by atoms with E-state index in [-0.39, 0.29) is 41.7 Å². The molecule has 1 atom stereocenters. The summed E-state index contributed by atoms with van der Waals surface area (Å²) in [4.78, 5) is 27.4. The van der Waals surface area contributed by atoms with Gasteiger partial charge in [-0.15, -0.1) is 10.2 Å². The van der Waals surface area contributed by atoms with E-state index in [1.807, 2.05) is 0 Å². The van der Waals surface area contributed by atoms with Gasteiger partial charge in [0, 0.05) is 12.0 Å². The summed E-state index contributed by atoms with van der Waals surface area (Å²) in [6, 6.07) is 5.12. The molecule has 0 spiro atoms. The van der Waals surface area contributed by atoms with E-state index in [2.05, 4.69) is 25.8 Å². The topological polar surface area (TPSA) is 109 Å². The van der Waals surface area contributed by atoms with Gasteiger partial charge in [-0.2, -0.15) is 0 Å². The lowest BCUT2D eigenvalue weighted by molar-refractivity contribution is -0.118. The number of amides is 2. The maximum absolute atomic E-state index is 14.1. The lowest BCUT2D eigenvalue weighted by Gasteiger charge is -2.13. The van der Waals surface area contributed by atoms with Crippen LogP contribution in [0.4, 0.5) is 18.9 Å². The van der Waals surface area contributed by atoms with Crippen molar-refractivity contribution in [1.29, 1.82) is 0 Å². The Balaban J connectivity index is 1.45. The van der Waals surface area contributed by atoms with Crippen molar-refractivity contribution in [1.82, 2.24) is 20.5 Å². The number of anilines is 1. The molecule has 0 saturated heterocycles. The van der Waals surface area contributed by atoms with Gasteiger partial charge in [-0.1, -0.05) is 6.07 Å². The number of nitrogens with zero attached hydrogens (tertiary/aromatic N) is 2. The van der Waals surface area contributed by atoms with E-state index in [1.165, 1.54) is 12.1 Å². The molecular weight excluding hydrogens is 415 g/mol. The van der Waals surface area contributed by atoms with Crippen LogP contribution in [0.15, 0.2) is 30.3 Å². The highest BCUT2D eigenvalue weighted by atomic mass is 19.1. The Morgan fingerprint density at radius 2 is 1.94 bits per heavy atom. The Morgan fingerprint density at radius 3 is 2.68 bits per heavy atom. The molecule has 2 aromatic carbocycles. The number of hydrogen-bond acceptors (Lipinski definition) is 5. The van der Waals surface area contributed by atoms with E-state index in [1.54, 1.807) is 13.0 Å². The lowest BCUT2D eigenvalue weighted by Crippen LogP contribution is -2.46. The minimum atomic E-state index is -1.14. The Kier molecular flexibility index (Phi) is 5.32. The molecule has 3 N–H and O–H groups in total. The summed E-state index contributed by atoms with van der Waals surface area (Å²) in [6.07, 6.45) is -0.250. The zero-order valence-electron chi connectivity index (χ0n) is 16.1. The van der Waals surface area contributed by atoms with Crippen LogP contribution in [0.5, 0.6) is 5.75 Å². The number of carbonyl (C=O) groups is 2. The van der Waals surface area contributed by atoms with E-state index in [0.29, 0.717) is 5.56 Å². The molecule has 0 radical (unpaired) electrons. The van der Waals surface area contributed by atoms with Gasteiger partial charge in [0.1, 0.15) is 41.5 Å². The Labute approximate surface area is 173 Å². The molecule has 1 aromatic heterocycles. The maximum Gasteiger partial charge on any atom is 0.289 e. The number of aryl methyl sites for hydroxylation is 1. The third-order valence-corrected chi connectivity index (χ3v) is 4.63. The van der Waals surface area contributed by atoms with Crippen molar-refractivity contribution in [3.05, 3.63) is 70.6 Å². The molecule has 3 aromatic rings. The van der Waals surface area contributed by atoms with Crippen molar-refractivity contribution in [3.63, 3.8) is 0 Å². The number of nitrogens with one attached hydrogen (secondary N) is 3. The van der Waals surface area contributed by atoms with E-state index >= 15 is 0 Å². The summed E-state index contributed by atoms with van der Waals surface area (Å²) in [5.41, 5.74) is 0.270. The highest BCUT2D eigenvalue weighted by Gasteiger charge is 2.29. The fourth-order valence-corrected chi connectivity index (χ4v) is 3.09. The van der Waals surface area contributed by atoms with Crippen molar-refractivity contribution in [2.75, 3.05) is 11.9 Å². The molecule has 0 saturated carbocycles. The highest BCUT2D eigenvalue weighted by molar-refractivity contribution is 6.01. The van der Waals surface area contributed by atoms with Crippen LogP contribution in [-0.2, 0) is 11.2 Å². The number of H-pyrrole nitrogens is 1. The quantitative estimate of drug-likeness (QED) is 0.587. The van der Waals surface area contributed by atoms with Crippen LogP contribution in [0.3, 0.4) is 0 Å². The number of fused-ring (bicyclic) bond motifs is 1. The lowest BCUT2D eigenvalue weighted by atomic mass is 10.1. The second-order valence-corrected chi connectivity index (χ2v) is 6.94. The first-order valence-corrected chi connectivity index (χ1v) is 9.21. The number of halogens is 3. The summed E-state index contributed by atoms with van der Waals surface area (Å²) in [5, 5.41) is 12.2. The minimum absolute atomic E-state index is 0.0562. The van der Waals surface area contributed by atoms with Crippen LogP contribution < -0.4 is 15.4 Å². The van der Waals surface area contributed by atoms with Gasteiger partial charge in [0.2, 0.25) is 5.82 Å². The van der Waals surface area contributed by atoms with Gasteiger partial charge in [0.25, 0.3) is 11.8 Å². The van der Waals surface area contributed by atoms with Gasteiger partial charge in [0.05, 0.1) is 0 Å². The predicted octanol–water partition coefficient (Wildman–Crippen LogP) is 2.25. The molecule has 160 valence electrons. The molecule has 8 nitrogen and oxygen atoms in total. The summed E-state index contributed by atoms with van der Waals surface area (Å²) in [7, 11) is 0. The zero-order chi connectivity index (χ0) is 22.1. The van der Waals surface area contributed by atoms with E-state index in [4.69, 9.17) is 4.74 Å². The second kappa shape index (κ2) is 8.09. The fourth-order valence-electron chi connectivity index (χ4n) is 3.09. The third-order valence-electron chi connectivity index (χ3n) is 4.63. The highest BCUT2D eigenvalue weighted by Crippen LogP contribution is 2.31. The molecule has 4 rings (SSSR count). The van der Waals surface area contributed by atoms with Gasteiger partial charge < -0.3 is 20.4 Å². The number of hydrogen-bond donors (Lipinski definition) is 3. The third kappa shape index (κ3) is 4.20. The number of benzene rings is 2. The van der Waals surface area contributed by atoms with E-state index in [0.717, 1.165) is 12.1 Å². The smallest absolute Gasteiger partial charge is 0.289 e. The van der Waals surface area contributed by atoms with Crippen LogP contribution >= 0.6 is 0 Å². The number of rotatable bonds is 4. The molecule has 11 heteroatoms. The molecule has 0 fully saturated rings. The molecule has 2 heterocycles. The van der Waals surface area contributed by atoms with Crippen molar-refractivity contribution in [2.45, 2.75) is 19.4 Å². The molecule has 2 amide bonds. The minimum Gasteiger partial charge on any atom is -0.489 e. The average Bonchev–Trinajstić information content (AvgIpc) is 3.12. The number of ether oxygens (including phenoxy) is 1. The normalized spacial score (nSPS) is 15.5. The van der Waals surface area contributed by atoms with Crippen LogP contribution in [0.2, 0.25) is 0 Å². The van der Waals surface area contributed by atoms with Gasteiger partial charge in [-0.05, 0) is 36.8 Å². The van der Waals surface area contributed by atoms with Crippen molar-refractivity contribution in [3.8, 4) is 5.75 Å². The fraction of sp³-hybridized carbons (Fsp3) is 0.200. The number of aromatic amines is 1. The standard InChI is InChI=1S/C20H16F3N5O3/c1-9-5-13(23)17-15(6-9)31-8-14(19(29)26-17)24-20(30)18-25-16(27-28-18)7-10-11(21)3-2-4-12(10)22/h2-6,14H,7-8H2,1H3,(H,24,30)(H,26,29)(H,25,27,28). The maximum atomic E-state index is 14.1.